The van der Waals surface area contributed by atoms with Gasteiger partial charge in [0.25, 0.3) is 0 Å². The summed E-state index contributed by atoms with van der Waals surface area (Å²) in [5, 5.41) is 11.6. The molecule has 4 aliphatic carbocycles. The van der Waals surface area contributed by atoms with Crippen molar-refractivity contribution in [2.24, 2.45) is 16.7 Å². The summed E-state index contributed by atoms with van der Waals surface area (Å²) in [5.41, 5.74) is 2.68. The number of hydroxylamine groups is 1. The highest BCUT2D eigenvalue weighted by Gasteiger charge is 2.60. The van der Waals surface area contributed by atoms with Crippen LogP contribution in [0.3, 0.4) is 0 Å². The Morgan fingerprint density at radius 1 is 1.14 bits per heavy atom. The molecule has 2 atom stereocenters. The first kappa shape index (κ1) is 14.6. The molecule has 3 N–H and O–H groups in total. The van der Waals surface area contributed by atoms with Crippen molar-refractivity contribution >= 4 is 12.0 Å². The van der Waals surface area contributed by atoms with Gasteiger partial charge in [-0.05, 0) is 55.3 Å². The molecular formula is C15H24N2O4. The van der Waals surface area contributed by atoms with Crippen molar-refractivity contribution in [3.05, 3.63) is 0 Å². The first-order valence-corrected chi connectivity index (χ1v) is 7.63. The molecule has 4 saturated carbocycles. The summed E-state index contributed by atoms with van der Waals surface area (Å²) >= 11 is 0. The maximum atomic E-state index is 12.0. The average molecular weight is 296 g/mol. The van der Waals surface area contributed by atoms with Crippen LogP contribution >= 0.6 is 0 Å². The summed E-state index contributed by atoms with van der Waals surface area (Å²) in [4.78, 5) is 27.0. The van der Waals surface area contributed by atoms with Crippen LogP contribution < -0.4 is 10.8 Å². The van der Waals surface area contributed by atoms with E-state index in [9.17, 15) is 9.59 Å². The minimum atomic E-state index is -1.11. The number of carbonyl (C=O) groups excluding carboxylic acids is 1. The van der Waals surface area contributed by atoms with Gasteiger partial charge in [-0.2, -0.15) is 0 Å². The van der Waals surface area contributed by atoms with Gasteiger partial charge in [-0.15, -0.1) is 0 Å². The Morgan fingerprint density at radius 2 is 1.76 bits per heavy atom. The van der Waals surface area contributed by atoms with Gasteiger partial charge in [-0.1, -0.05) is 13.8 Å². The van der Waals surface area contributed by atoms with Crippen LogP contribution in [0.25, 0.3) is 0 Å². The van der Waals surface area contributed by atoms with Crippen molar-refractivity contribution in [3.8, 4) is 0 Å². The van der Waals surface area contributed by atoms with Crippen LogP contribution in [0.15, 0.2) is 0 Å². The Morgan fingerprint density at radius 3 is 2.29 bits per heavy atom. The summed E-state index contributed by atoms with van der Waals surface area (Å²) < 4.78 is 0. The second kappa shape index (κ2) is 4.60. The van der Waals surface area contributed by atoms with Crippen molar-refractivity contribution in [3.63, 3.8) is 0 Å². The fourth-order valence-corrected chi connectivity index (χ4v) is 6.02. The lowest BCUT2D eigenvalue weighted by Crippen LogP contribution is -2.66. The fourth-order valence-electron chi connectivity index (χ4n) is 6.02. The smallest absolute Gasteiger partial charge is 0.339 e. The highest BCUT2D eigenvalue weighted by molar-refractivity contribution is 5.74. The first-order chi connectivity index (χ1) is 9.72. The Hall–Kier alpha value is -1.30. The second-order valence-electron chi connectivity index (χ2n) is 8.15. The Kier molecular flexibility index (Phi) is 3.20. The van der Waals surface area contributed by atoms with E-state index in [1.54, 1.807) is 0 Å². The normalized spacial score (nSPS) is 43.6. The van der Waals surface area contributed by atoms with Gasteiger partial charge >= 0.3 is 12.0 Å². The van der Waals surface area contributed by atoms with Gasteiger partial charge in [0.2, 0.25) is 0 Å². The van der Waals surface area contributed by atoms with Crippen LogP contribution in [0, 0.1) is 16.7 Å². The molecule has 2 amide bonds. The lowest BCUT2D eigenvalue weighted by Gasteiger charge is -2.65. The molecule has 6 nitrogen and oxygen atoms in total. The summed E-state index contributed by atoms with van der Waals surface area (Å²) in [6, 6.07) is -0.426. The molecule has 0 aromatic rings. The van der Waals surface area contributed by atoms with Crippen molar-refractivity contribution in [2.45, 2.75) is 57.9 Å². The molecule has 0 saturated heterocycles. The second-order valence-corrected chi connectivity index (χ2v) is 8.15. The molecule has 4 rings (SSSR count). The van der Waals surface area contributed by atoms with Crippen LogP contribution in [0.5, 0.6) is 0 Å². The minimum Gasteiger partial charge on any atom is -0.479 e. The molecule has 0 aromatic heterocycles. The number of carbonyl (C=O) groups is 2. The monoisotopic (exact) mass is 296 g/mol. The summed E-state index contributed by atoms with van der Waals surface area (Å²) in [7, 11) is 0. The molecule has 0 aliphatic heterocycles. The van der Waals surface area contributed by atoms with E-state index in [2.05, 4.69) is 29.5 Å². The highest BCUT2D eigenvalue weighted by Crippen LogP contribution is 2.66. The molecule has 0 aromatic carbocycles. The zero-order valence-electron chi connectivity index (χ0n) is 12.7. The van der Waals surface area contributed by atoms with Gasteiger partial charge in [0, 0.05) is 5.54 Å². The van der Waals surface area contributed by atoms with E-state index in [0.717, 1.165) is 19.3 Å². The van der Waals surface area contributed by atoms with Crippen molar-refractivity contribution in [1.82, 2.24) is 10.8 Å². The number of aliphatic carboxylic acids is 1. The molecule has 118 valence electrons. The lowest BCUT2D eigenvalue weighted by atomic mass is 9.43. The van der Waals surface area contributed by atoms with Gasteiger partial charge in [-0.25, -0.2) is 15.1 Å². The molecule has 4 bridgehead atoms. The van der Waals surface area contributed by atoms with Crippen LogP contribution in [0.2, 0.25) is 0 Å². The quantitative estimate of drug-likeness (QED) is 0.693. The Balaban J connectivity index is 1.65. The number of rotatable bonds is 4. The molecule has 21 heavy (non-hydrogen) atoms. The molecule has 4 aliphatic rings. The highest BCUT2D eigenvalue weighted by atomic mass is 16.7. The van der Waals surface area contributed by atoms with Crippen molar-refractivity contribution in [2.75, 3.05) is 6.61 Å². The molecule has 4 fully saturated rings. The van der Waals surface area contributed by atoms with Gasteiger partial charge < -0.3 is 10.4 Å². The molecule has 0 radical (unpaired) electrons. The Bertz CT molecular complexity index is 460. The number of hydrogen-bond acceptors (Lipinski definition) is 3. The summed E-state index contributed by atoms with van der Waals surface area (Å²) in [6.45, 7) is 4.15. The average Bonchev–Trinajstić information content (AvgIpc) is 2.21. The Labute approximate surface area is 124 Å². The van der Waals surface area contributed by atoms with Gasteiger partial charge in [-0.3, -0.25) is 4.84 Å². The number of carboxylic acids is 1. The van der Waals surface area contributed by atoms with Gasteiger partial charge in [0.05, 0.1) is 0 Å². The summed E-state index contributed by atoms with van der Waals surface area (Å²) in [6.07, 6.45) is 6.84. The predicted molar refractivity (Wildman–Crippen MR) is 75.4 cm³/mol. The van der Waals surface area contributed by atoms with E-state index >= 15 is 0 Å². The molecule has 2 unspecified atom stereocenters. The number of amides is 2. The standard InChI is InChI=1S/C15H24N2O4/c1-13-3-10-4-14(2,7-13)9-15(5-10,8-13)16-12(20)17-21-6-11(18)19/h10H,3-9H2,1-2H3,(H,18,19)(H2,16,17,20). The fraction of sp³-hybridized carbons (Fsp3) is 0.867. The van der Waals surface area contributed by atoms with E-state index in [1.165, 1.54) is 19.3 Å². The third-order valence-electron chi connectivity index (χ3n) is 5.37. The third-order valence-corrected chi connectivity index (χ3v) is 5.37. The van der Waals surface area contributed by atoms with Crippen molar-refractivity contribution in [1.29, 1.82) is 0 Å². The van der Waals surface area contributed by atoms with E-state index in [0.29, 0.717) is 16.7 Å². The third kappa shape index (κ3) is 2.86. The maximum Gasteiger partial charge on any atom is 0.339 e. The van der Waals surface area contributed by atoms with Gasteiger partial charge in [0.1, 0.15) is 0 Å². The van der Waals surface area contributed by atoms with Crippen LogP contribution in [-0.2, 0) is 9.63 Å². The summed E-state index contributed by atoms with van der Waals surface area (Å²) in [5.74, 6) is -0.415. The predicted octanol–water partition coefficient (Wildman–Crippen LogP) is 2.05. The molecular weight excluding hydrogens is 272 g/mol. The van der Waals surface area contributed by atoms with E-state index < -0.39 is 18.6 Å². The van der Waals surface area contributed by atoms with E-state index in [1.807, 2.05) is 0 Å². The van der Waals surface area contributed by atoms with Crippen molar-refractivity contribution < 1.29 is 19.5 Å². The number of carboxylic acid groups (broad SMARTS) is 1. The largest absolute Gasteiger partial charge is 0.479 e. The zero-order valence-corrected chi connectivity index (χ0v) is 12.7. The minimum absolute atomic E-state index is 0.153. The maximum absolute atomic E-state index is 12.0. The topological polar surface area (TPSA) is 87.7 Å². The van der Waals surface area contributed by atoms with E-state index in [4.69, 9.17) is 5.11 Å². The van der Waals surface area contributed by atoms with Crippen LogP contribution in [0.4, 0.5) is 4.79 Å². The van der Waals surface area contributed by atoms with E-state index in [-0.39, 0.29) is 5.54 Å². The molecule has 0 heterocycles. The van der Waals surface area contributed by atoms with Gasteiger partial charge in [0.15, 0.2) is 6.61 Å². The number of urea groups is 1. The molecule has 0 spiro atoms. The van der Waals surface area contributed by atoms with Crippen LogP contribution in [0.1, 0.15) is 52.4 Å². The number of nitrogens with one attached hydrogen (secondary N) is 2. The SMILES string of the molecule is CC12CC3CC(C)(C1)CC(NC(=O)NOCC(=O)O)(C3)C2. The first-order valence-electron chi connectivity index (χ1n) is 7.63. The number of hydrogen-bond donors (Lipinski definition) is 3. The molecule has 6 heteroatoms. The lowest BCUT2D eigenvalue weighted by molar-refractivity contribution is -0.144. The zero-order chi connectivity index (χ0) is 15.3. The van der Waals surface area contributed by atoms with Crippen LogP contribution in [-0.4, -0.2) is 29.3 Å².